The van der Waals surface area contributed by atoms with E-state index in [1.54, 1.807) is 6.08 Å². The first-order valence-electron chi connectivity index (χ1n) is 11.7. The summed E-state index contributed by atoms with van der Waals surface area (Å²) >= 11 is 1.45. The van der Waals surface area contributed by atoms with E-state index in [9.17, 15) is 9.59 Å². The molecule has 0 aliphatic rings. The number of carbonyl (C=O) groups excluding carboxylic acids is 2. The van der Waals surface area contributed by atoms with Crippen LogP contribution in [0.3, 0.4) is 0 Å². The number of para-hydroxylation sites is 1. The fourth-order valence-electron chi connectivity index (χ4n) is 3.80. The highest BCUT2D eigenvalue weighted by Crippen LogP contribution is 2.37. The molecule has 4 aromatic carbocycles. The van der Waals surface area contributed by atoms with E-state index in [4.69, 9.17) is 0 Å². The Bertz CT molecular complexity index is 1350. The van der Waals surface area contributed by atoms with Crippen LogP contribution < -0.4 is 10.6 Å². The van der Waals surface area contributed by atoms with Crippen LogP contribution in [0.15, 0.2) is 114 Å². The minimum absolute atomic E-state index is 0.0937. The third-order valence-electron chi connectivity index (χ3n) is 5.65. The van der Waals surface area contributed by atoms with Crippen molar-refractivity contribution in [3.05, 3.63) is 131 Å². The Balaban J connectivity index is 1.51. The molecule has 36 heavy (non-hydrogen) atoms. The van der Waals surface area contributed by atoms with Gasteiger partial charge in [0.2, 0.25) is 11.8 Å². The molecule has 180 valence electrons. The van der Waals surface area contributed by atoms with Crippen LogP contribution in [0.25, 0.3) is 6.08 Å². The summed E-state index contributed by atoms with van der Waals surface area (Å²) in [5.74, 6) is -0.308. The van der Waals surface area contributed by atoms with Crippen molar-refractivity contribution in [1.29, 1.82) is 0 Å². The first-order valence-corrected chi connectivity index (χ1v) is 12.6. The van der Waals surface area contributed by atoms with Crippen molar-refractivity contribution in [1.82, 2.24) is 0 Å². The highest BCUT2D eigenvalue weighted by molar-refractivity contribution is 8.00. The highest BCUT2D eigenvalue weighted by atomic mass is 32.2. The molecule has 2 amide bonds. The van der Waals surface area contributed by atoms with Crippen LogP contribution in [-0.4, -0.2) is 11.8 Å². The monoisotopic (exact) mass is 492 g/mol. The molecular formula is C31H28N2O2S. The number of nitrogens with one attached hydrogen (secondary N) is 2. The maximum absolute atomic E-state index is 13.5. The Labute approximate surface area is 216 Å². The predicted molar refractivity (Wildman–Crippen MR) is 150 cm³/mol. The third-order valence-corrected chi connectivity index (χ3v) is 6.90. The number of rotatable bonds is 8. The van der Waals surface area contributed by atoms with Crippen LogP contribution in [-0.2, 0) is 9.59 Å². The molecule has 0 aliphatic heterocycles. The Morgan fingerprint density at radius 3 is 2.08 bits per heavy atom. The molecule has 0 aromatic heterocycles. The minimum Gasteiger partial charge on any atom is -0.324 e. The van der Waals surface area contributed by atoms with E-state index in [1.807, 2.05) is 117 Å². The molecule has 1 unspecified atom stereocenters. The molecule has 0 spiro atoms. The molecule has 4 aromatic rings. The van der Waals surface area contributed by atoms with E-state index >= 15 is 0 Å². The highest BCUT2D eigenvalue weighted by Gasteiger charge is 2.23. The largest absolute Gasteiger partial charge is 0.324 e. The Morgan fingerprint density at radius 2 is 1.39 bits per heavy atom. The summed E-state index contributed by atoms with van der Waals surface area (Å²) in [5, 5.41) is 5.58. The standard InChI is InChI=1S/C31H28N2O2S/c1-22-11-9-12-23(2)29(22)33-31(35)30(25-15-7-4-8-16-25)36-27-18-10-17-26(21-27)32-28(34)20-19-24-13-5-3-6-14-24/h3-21,30H,1-2H3,(H,32,34)(H,33,35)/b20-19+. The van der Waals surface area contributed by atoms with Crippen LogP contribution in [0.4, 0.5) is 11.4 Å². The molecule has 4 rings (SSSR count). The van der Waals surface area contributed by atoms with Crippen molar-refractivity contribution in [3.63, 3.8) is 0 Å². The van der Waals surface area contributed by atoms with Crippen molar-refractivity contribution in [2.24, 2.45) is 0 Å². The van der Waals surface area contributed by atoms with Gasteiger partial charge >= 0.3 is 0 Å². The fraction of sp³-hybridized carbons (Fsp3) is 0.0968. The number of amides is 2. The van der Waals surface area contributed by atoms with Gasteiger partial charge in [-0.2, -0.15) is 0 Å². The molecule has 5 heteroatoms. The van der Waals surface area contributed by atoms with Crippen molar-refractivity contribution in [2.45, 2.75) is 24.0 Å². The molecule has 0 saturated carbocycles. The normalized spacial score (nSPS) is 11.7. The molecule has 1 atom stereocenters. The summed E-state index contributed by atoms with van der Waals surface area (Å²) in [6.07, 6.45) is 3.29. The molecule has 0 saturated heterocycles. The predicted octanol–water partition coefficient (Wildman–Crippen LogP) is 7.43. The molecular weight excluding hydrogens is 464 g/mol. The average molecular weight is 493 g/mol. The maximum Gasteiger partial charge on any atom is 0.248 e. The van der Waals surface area contributed by atoms with Crippen LogP contribution >= 0.6 is 11.8 Å². The van der Waals surface area contributed by atoms with E-state index in [2.05, 4.69) is 10.6 Å². The van der Waals surface area contributed by atoms with Gasteiger partial charge in [0.05, 0.1) is 0 Å². The zero-order valence-electron chi connectivity index (χ0n) is 20.3. The van der Waals surface area contributed by atoms with Crippen molar-refractivity contribution >= 4 is 41.0 Å². The van der Waals surface area contributed by atoms with Gasteiger partial charge in [-0.05, 0) is 60.4 Å². The number of hydrogen-bond donors (Lipinski definition) is 2. The number of hydrogen-bond acceptors (Lipinski definition) is 3. The van der Waals surface area contributed by atoms with Gasteiger partial charge < -0.3 is 10.6 Å². The van der Waals surface area contributed by atoms with E-state index in [0.717, 1.165) is 32.8 Å². The summed E-state index contributed by atoms with van der Waals surface area (Å²) < 4.78 is 0. The smallest absolute Gasteiger partial charge is 0.248 e. The van der Waals surface area contributed by atoms with Crippen LogP contribution in [0.1, 0.15) is 27.5 Å². The van der Waals surface area contributed by atoms with E-state index in [-0.39, 0.29) is 11.8 Å². The second-order valence-electron chi connectivity index (χ2n) is 8.43. The number of aryl methyl sites for hydroxylation is 2. The van der Waals surface area contributed by atoms with Gasteiger partial charge in [0.25, 0.3) is 0 Å². The topological polar surface area (TPSA) is 58.2 Å². The fourth-order valence-corrected chi connectivity index (χ4v) is 4.89. The van der Waals surface area contributed by atoms with E-state index in [1.165, 1.54) is 17.8 Å². The molecule has 4 nitrogen and oxygen atoms in total. The first-order chi connectivity index (χ1) is 17.5. The minimum atomic E-state index is -0.464. The summed E-state index contributed by atoms with van der Waals surface area (Å²) in [7, 11) is 0. The maximum atomic E-state index is 13.5. The average Bonchev–Trinajstić information content (AvgIpc) is 2.89. The number of benzene rings is 4. The van der Waals surface area contributed by atoms with Gasteiger partial charge in [0.1, 0.15) is 5.25 Å². The zero-order chi connectivity index (χ0) is 25.3. The Hall–Kier alpha value is -4.09. The summed E-state index contributed by atoms with van der Waals surface area (Å²) in [6.45, 7) is 3.98. The summed E-state index contributed by atoms with van der Waals surface area (Å²) in [4.78, 5) is 26.8. The quantitative estimate of drug-likeness (QED) is 0.199. The molecule has 0 fully saturated rings. The SMILES string of the molecule is Cc1cccc(C)c1NC(=O)C(Sc1cccc(NC(=O)/C=C/c2ccccc2)c1)c1ccccc1. The van der Waals surface area contributed by atoms with Crippen molar-refractivity contribution < 1.29 is 9.59 Å². The van der Waals surface area contributed by atoms with Crippen LogP contribution in [0, 0.1) is 13.8 Å². The number of anilines is 2. The lowest BCUT2D eigenvalue weighted by Crippen LogP contribution is -2.20. The van der Waals surface area contributed by atoms with Crippen LogP contribution in [0.2, 0.25) is 0 Å². The summed E-state index contributed by atoms with van der Waals surface area (Å²) in [6, 6.07) is 32.9. The molecule has 0 bridgehead atoms. The van der Waals surface area contributed by atoms with Gasteiger partial charge in [-0.3, -0.25) is 9.59 Å². The van der Waals surface area contributed by atoms with Gasteiger partial charge in [-0.1, -0.05) is 84.9 Å². The van der Waals surface area contributed by atoms with Crippen molar-refractivity contribution in [3.8, 4) is 0 Å². The Kier molecular flexibility index (Phi) is 8.37. The lowest BCUT2D eigenvalue weighted by molar-refractivity contribution is -0.116. The first kappa shape index (κ1) is 25.0. The van der Waals surface area contributed by atoms with Gasteiger partial charge in [0, 0.05) is 22.3 Å². The van der Waals surface area contributed by atoms with E-state index < -0.39 is 5.25 Å². The molecule has 0 aliphatic carbocycles. The zero-order valence-corrected chi connectivity index (χ0v) is 21.1. The van der Waals surface area contributed by atoms with Gasteiger partial charge in [0.15, 0.2) is 0 Å². The molecule has 0 heterocycles. The molecule has 2 N–H and O–H groups in total. The summed E-state index contributed by atoms with van der Waals surface area (Å²) in [5.41, 5.74) is 5.42. The van der Waals surface area contributed by atoms with Gasteiger partial charge in [-0.25, -0.2) is 0 Å². The third kappa shape index (κ3) is 6.74. The lowest BCUT2D eigenvalue weighted by Gasteiger charge is -2.19. The van der Waals surface area contributed by atoms with Gasteiger partial charge in [-0.15, -0.1) is 11.8 Å². The Morgan fingerprint density at radius 1 is 0.750 bits per heavy atom. The molecule has 0 radical (unpaired) electrons. The lowest BCUT2D eigenvalue weighted by atomic mass is 10.1. The van der Waals surface area contributed by atoms with Crippen molar-refractivity contribution in [2.75, 3.05) is 10.6 Å². The van der Waals surface area contributed by atoms with E-state index in [0.29, 0.717) is 5.69 Å². The van der Waals surface area contributed by atoms with Crippen LogP contribution in [0.5, 0.6) is 0 Å². The second-order valence-corrected chi connectivity index (χ2v) is 9.60. The number of thioether (sulfide) groups is 1. The second kappa shape index (κ2) is 12.0. The number of carbonyl (C=O) groups is 2.